The monoisotopic (exact) mass is 708 g/mol. The van der Waals surface area contributed by atoms with Crippen LogP contribution in [0.5, 0.6) is 0 Å². The van der Waals surface area contributed by atoms with Crippen molar-refractivity contribution in [1.82, 2.24) is 8.96 Å². The number of anilines is 6. The lowest BCUT2D eigenvalue weighted by Crippen LogP contribution is -2.56. The lowest BCUT2D eigenvalue weighted by atomic mass is 9.45. The van der Waals surface area contributed by atoms with Crippen molar-refractivity contribution in [3.63, 3.8) is 0 Å². The van der Waals surface area contributed by atoms with Gasteiger partial charge in [-0.15, -0.1) is 0 Å². The van der Waals surface area contributed by atoms with Crippen molar-refractivity contribution < 1.29 is 0 Å². The molecule has 0 saturated carbocycles. The molecule has 6 heterocycles. The van der Waals surface area contributed by atoms with E-state index in [2.05, 4.69) is 201 Å². The largest absolute Gasteiger partial charge is 0.374 e. The van der Waals surface area contributed by atoms with E-state index in [1.165, 1.54) is 111 Å². The number of fused-ring (bicyclic) bond motifs is 13. The quantitative estimate of drug-likeness (QED) is 0.167. The van der Waals surface area contributed by atoms with Crippen molar-refractivity contribution in [1.29, 1.82) is 0 Å². The van der Waals surface area contributed by atoms with Crippen molar-refractivity contribution in [3.8, 4) is 22.3 Å². The zero-order chi connectivity index (χ0) is 36.2. The molecule has 6 heteroatoms. The lowest BCUT2D eigenvalue weighted by Gasteiger charge is -2.40. The van der Waals surface area contributed by atoms with Gasteiger partial charge in [0.1, 0.15) is 0 Å². The third-order valence-electron chi connectivity index (χ3n) is 13.0. The highest BCUT2D eigenvalue weighted by molar-refractivity contribution is 6.92. The van der Waals surface area contributed by atoms with Gasteiger partial charge >= 0.3 is 13.7 Å². The molecule has 4 aliphatic heterocycles. The maximum absolute atomic E-state index is 2.73. The topological polar surface area (TPSA) is 16.3 Å². The van der Waals surface area contributed by atoms with Crippen molar-refractivity contribution in [2.75, 3.05) is 9.80 Å². The van der Waals surface area contributed by atoms with Crippen molar-refractivity contribution in [3.05, 3.63) is 182 Å². The molecule has 0 radical (unpaired) electrons. The van der Waals surface area contributed by atoms with Crippen LogP contribution in [0, 0.1) is 0 Å². The van der Waals surface area contributed by atoms with E-state index in [0.29, 0.717) is 0 Å². The highest BCUT2D eigenvalue weighted by Gasteiger charge is 2.46. The van der Waals surface area contributed by atoms with E-state index in [9.17, 15) is 0 Å². The fourth-order valence-electron chi connectivity index (χ4n) is 11.1. The highest BCUT2D eigenvalue weighted by atomic mass is 15.2. The first kappa shape index (κ1) is 29.2. The maximum Gasteiger partial charge on any atom is 0.333 e. The summed E-state index contributed by atoms with van der Waals surface area (Å²) in [6.45, 7) is 0.00161. The number of benzene rings is 8. The molecular weight excluding hydrogens is 678 g/mol. The number of para-hydroxylation sites is 6. The van der Waals surface area contributed by atoms with E-state index in [1.54, 1.807) is 0 Å². The number of rotatable bonds is 2. The Morgan fingerprint density at radius 1 is 0.286 bits per heavy atom. The van der Waals surface area contributed by atoms with E-state index in [1.807, 2.05) is 0 Å². The first-order valence-electron chi connectivity index (χ1n) is 19.6. The lowest BCUT2D eigenvalue weighted by molar-refractivity contribution is 1.25. The molecule has 0 bridgehead atoms. The van der Waals surface area contributed by atoms with Crippen LogP contribution in [0.3, 0.4) is 0 Å². The van der Waals surface area contributed by atoms with Gasteiger partial charge in [-0.3, -0.25) is 0 Å². The minimum absolute atomic E-state index is 0.000807. The molecule has 14 rings (SSSR count). The summed E-state index contributed by atoms with van der Waals surface area (Å²) in [5.74, 6) is 0. The SMILES string of the molecule is c1ccc(N2c3ccccc3B3c4c(cccc42)-c2cccc4c2n3c2c3cccc5c3n(c42)B2c3ccccc3N(c3ccccc3)c3cccc-5c32)cc1. The minimum atomic E-state index is 0.000807. The zero-order valence-electron chi connectivity index (χ0n) is 30.3. The summed E-state index contributed by atoms with van der Waals surface area (Å²) in [7, 11) is 0. The molecule has 0 unspecified atom stereocenters. The molecule has 10 aromatic rings. The number of hydrogen-bond donors (Lipinski definition) is 0. The maximum atomic E-state index is 2.73. The third kappa shape index (κ3) is 3.37. The van der Waals surface area contributed by atoms with Crippen LogP contribution in [0.2, 0.25) is 0 Å². The standard InChI is InChI=1S/C50H30B2N4/c1-3-15-31(16-4-1)53-41-27-9-7-25-39(41)51-45-33(19-13-29-43(45)53)35-21-11-23-37-47(35)55(51)49-38-24-12-22-36-34-20-14-30-44-46(34)52(56(48(36)38)50(37)49)40-26-8-10-28-42(40)54(44)32-17-5-2-6-18-32/h1-30H. The van der Waals surface area contributed by atoms with Gasteiger partial charge in [0.2, 0.25) is 0 Å². The average Bonchev–Trinajstić information content (AvgIpc) is 3.78. The Morgan fingerprint density at radius 3 is 1.12 bits per heavy atom. The molecule has 8 aromatic carbocycles. The Hall–Kier alpha value is -7.17. The van der Waals surface area contributed by atoms with Gasteiger partial charge in [0.25, 0.3) is 0 Å². The molecule has 0 saturated heterocycles. The number of hydrogen-bond acceptors (Lipinski definition) is 2. The van der Waals surface area contributed by atoms with E-state index >= 15 is 0 Å². The Kier molecular flexibility index (Phi) is 5.38. The first-order chi connectivity index (χ1) is 27.9. The molecule has 0 spiro atoms. The average molecular weight is 708 g/mol. The van der Waals surface area contributed by atoms with Crippen LogP contribution in [0.1, 0.15) is 0 Å². The molecule has 0 N–H and O–H groups in total. The molecule has 256 valence electrons. The van der Waals surface area contributed by atoms with Crippen molar-refractivity contribution in [2.45, 2.75) is 0 Å². The Labute approximate surface area is 324 Å². The summed E-state index contributed by atoms with van der Waals surface area (Å²) in [6, 6.07) is 67.8. The minimum Gasteiger partial charge on any atom is -0.374 e. The Balaban J connectivity index is 1.14. The van der Waals surface area contributed by atoms with Crippen LogP contribution >= 0.6 is 0 Å². The van der Waals surface area contributed by atoms with E-state index in [-0.39, 0.29) is 13.7 Å². The molecule has 2 aromatic heterocycles. The molecule has 0 fully saturated rings. The van der Waals surface area contributed by atoms with Gasteiger partial charge in [0, 0.05) is 67.1 Å². The molecule has 4 aliphatic rings. The summed E-state index contributed by atoms with van der Waals surface area (Å²) in [6.07, 6.45) is 0. The molecule has 0 amide bonds. The second-order valence-electron chi connectivity index (χ2n) is 15.6. The van der Waals surface area contributed by atoms with Gasteiger partial charge in [0.15, 0.2) is 0 Å². The van der Waals surface area contributed by atoms with E-state index in [4.69, 9.17) is 0 Å². The van der Waals surface area contributed by atoms with Gasteiger partial charge in [-0.05, 0) is 81.5 Å². The van der Waals surface area contributed by atoms with E-state index in [0.717, 1.165) is 0 Å². The van der Waals surface area contributed by atoms with E-state index < -0.39 is 0 Å². The van der Waals surface area contributed by atoms with Crippen LogP contribution in [0.4, 0.5) is 34.1 Å². The first-order valence-corrected chi connectivity index (χ1v) is 19.6. The Morgan fingerprint density at radius 2 is 0.661 bits per heavy atom. The summed E-state index contributed by atoms with van der Waals surface area (Å²) in [5.41, 5.74) is 23.2. The van der Waals surface area contributed by atoms with Gasteiger partial charge in [-0.1, -0.05) is 133 Å². The highest BCUT2D eigenvalue weighted by Crippen LogP contribution is 2.50. The molecule has 56 heavy (non-hydrogen) atoms. The summed E-state index contributed by atoms with van der Waals surface area (Å²) < 4.78 is 5.47. The van der Waals surface area contributed by atoms with Crippen molar-refractivity contribution >= 4 is 103 Å². The molecule has 0 atom stereocenters. The molecule has 4 nitrogen and oxygen atoms in total. The predicted molar refractivity (Wildman–Crippen MR) is 236 cm³/mol. The zero-order valence-corrected chi connectivity index (χ0v) is 30.3. The van der Waals surface area contributed by atoms with Crippen LogP contribution in [-0.2, 0) is 0 Å². The molecule has 0 aliphatic carbocycles. The predicted octanol–water partition coefficient (Wildman–Crippen LogP) is 9.58. The summed E-state index contributed by atoms with van der Waals surface area (Å²) >= 11 is 0. The number of nitrogens with zero attached hydrogens (tertiary/aromatic N) is 4. The fraction of sp³-hybridized carbons (Fsp3) is 0. The fourth-order valence-corrected chi connectivity index (χ4v) is 11.1. The molecular formula is C50H30B2N4. The summed E-state index contributed by atoms with van der Waals surface area (Å²) in [5, 5.41) is 2.62. The van der Waals surface area contributed by atoms with Crippen LogP contribution < -0.4 is 31.7 Å². The van der Waals surface area contributed by atoms with Crippen LogP contribution in [0.25, 0.3) is 55.1 Å². The van der Waals surface area contributed by atoms with Gasteiger partial charge in [0.05, 0.1) is 11.0 Å². The Bertz CT molecular complexity index is 3120. The van der Waals surface area contributed by atoms with Gasteiger partial charge in [-0.25, -0.2) is 0 Å². The van der Waals surface area contributed by atoms with Gasteiger partial charge < -0.3 is 18.8 Å². The summed E-state index contributed by atoms with van der Waals surface area (Å²) in [4.78, 5) is 4.95. The van der Waals surface area contributed by atoms with Crippen molar-refractivity contribution in [2.24, 2.45) is 0 Å². The smallest absolute Gasteiger partial charge is 0.333 e. The van der Waals surface area contributed by atoms with Crippen LogP contribution in [0.15, 0.2) is 182 Å². The second-order valence-corrected chi connectivity index (χ2v) is 15.6. The second kappa shape index (κ2) is 10.3. The van der Waals surface area contributed by atoms with Crippen LogP contribution in [-0.4, -0.2) is 22.7 Å². The third-order valence-corrected chi connectivity index (χ3v) is 13.0. The van der Waals surface area contributed by atoms with Gasteiger partial charge in [-0.2, -0.15) is 0 Å². The normalized spacial score (nSPS) is 13.9. The number of aromatic nitrogens is 2.